The van der Waals surface area contributed by atoms with Gasteiger partial charge >= 0.3 is 0 Å². The number of unbranched alkanes of at least 4 members (excludes halogenated alkanes) is 6. The van der Waals surface area contributed by atoms with Crippen molar-refractivity contribution >= 4 is 0 Å². The third kappa shape index (κ3) is 8.19. The summed E-state index contributed by atoms with van der Waals surface area (Å²) in [5.41, 5.74) is 3.37. The van der Waals surface area contributed by atoms with Gasteiger partial charge in [0.05, 0.1) is 11.6 Å². The molecule has 3 rings (SSSR count). The molecule has 0 heterocycles. The van der Waals surface area contributed by atoms with Crippen molar-refractivity contribution in [2.75, 3.05) is 0 Å². The Bertz CT molecular complexity index is 1090. The molecule has 0 unspecified atom stereocenters. The van der Waals surface area contributed by atoms with E-state index in [1.54, 1.807) is 30.3 Å². The standard InChI is InChI=1S/C29H31F2NO2/c30-26-18-22(14-16-28(26)33)8-6-4-2-1-3-5-7-9-23-15-17-29(27(31)19-23)34-21-25-12-10-24(20-32)11-13-25/h10-19,33H,1-9,21H2. The van der Waals surface area contributed by atoms with Crippen LogP contribution in [-0.4, -0.2) is 5.11 Å². The molecule has 0 fully saturated rings. The van der Waals surface area contributed by atoms with Gasteiger partial charge in [0.15, 0.2) is 23.1 Å². The minimum atomic E-state index is -0.553. The van der Waals surface area contributed by atoms with Gasteiger partial charge in [-0.2, -0.15) is 5.26 Å². The molecule has 1 N–H and O–H groups in total. The molecule has 3 aromatic carbocycles. The van der Waals surface area contributed by atoms with E-state index in [4.69, 9.17) is 10.00 Å². The molecular formula is C29H31F2NO2. The van der Waals surface area contributed by atoms with Crippen molar-refractivity contribution in [1.82, 2.24) is 0 Å². The lowest BCUT2D eigenvalue weighted by atomic mass is 10.0. The van der Waals surface area contributed by atoms with E-state index < -0.39 is 5.82 Å². The van der Waals surface area contributed by atoms with Crippen LogP contribution in [0.3, 0.4) is 0 Å². The lowest BCUT2D eigenvalue weighted by molar-refractivity contribution is 0.290. The summed E-state index contributed by atoms with van der Waals surface area (Å²) < 4.78 is 33.3. The Labute approximate surface area is 200 Å². The number of benzene rings is 3. The molecule has 0 aliphatic carbocycles. The molecule has 3 nitrogen and oxygen atoms in total. The second-order valence-corrected chi connectivity index (χ2v) is 8.62. The van der Waals surface area contributed by atoms with Gasteiger partial charge in [0.1, 0.15) is 6.61 Å². The van der Waals surface area contributed by atoms with Crippen molar-refractivity contribution in [1.29, 1.82) is 5.26 Å². The fraction of sp³-hybridized carbons (Fsp3) is 0.345. The number of rotatable bonds is 13. The van der Waals surface area contributed by atoms with Crippen molar-refractivity contribution in [2.45, 2.75) is 64.4 Å². The summed E-state index contributed by atoms with van der Waals surface area (Å²) in [5.74, 6) is -0.957. The summed E-state index contributed by atoms with van der Waals surface area (Å²) in [6, 6.07) is 18.9. The van der Waals surface area contributed by atoms with Crippen LogP contribution in [0, 0.1) is 23.0 Å². The van der Waals surface area contributed by atoms with Crippen LogP contribution in [0.2, 0.25) is 0 Å². The summed E-state index contributed by atoms with van der Waals surface area (Å²) in [7, 11) is 0. The van der Waals surface area contributed by atoms with E-state index in [0.717, 1.165) is 68.1 Å². The highest BCUT2D eigenvalue weighted by Crippen LogP contribution is 2.22. The minimum absolute atomic E-state index is 0.239. The molecule has 0 saturated carbocycles. The smallest absolute Gasteiger partial charge is 0.165 e. The van der Waals surface area contributed by atoms with Crippen LogP contribution in [0.25, 0.3) is 0 Å². The first-order valence-corrected chi connectivity index (χ1v) is 11.9. The summed E-state index contributed by atoms with van der Waals surface area (Å²) in [4.78, 5) is 0. The zero-order valence-corrected chi connectivity index (χ0v) is 19.4. The highest BCUT2D eigenvalue weighted by molar-refractivity contribution is 5.33. The van der Waals surface area contributed by atoms with E-state index >= 15 is 0 Å². The lowest BCUT2D eigenvalue weighted by Crippen LogP contribution is -1.98. The quantitative estimate of drug-likeness (QED) is 0.265. The number of phenolic OH excluding ortho intramolecular Hbond substituents is 1. The summed E-state index contributed by atoms with van der Waals surface area (Å²) in [5, 5.41) is 18.1. The van der Waals surface area contributed by atoms with E-state index in [1.807, 2.05) is 18.2 Å². The molecule has 0 amide bonds. The van der Waals surface area contributed by atoms with Gasteiger partial charge in [-0.25, -0.2) is 8.78 Å². The molecule has 0 aromatic heterocycles. The first-order valence-electron chi connectivity index (χ1n) is 11.9. The molecule has 0 spiro atoms. The minimum Gasteiger partial charge on any atom is -0.505 e. The Hall–Kier alpha value is -3.39. The number of nitriles is 1. The van der Waals surface area contributed by atoms with Crippen LogP contribution in [-0.2, 0) is 19.4 Å². The van der Waals surface area contributed by atoms with Crippen LogP contribution in [0.5, 0.6) is 11.5 Å². The predicted octanol–water partition coefficient (Wildman–Crippen LogP) is 7.64. The molecular weight excluding hydrogens is 432 g/mol. The first kappa shape index (κ1) is 25.2. The first-order chi connectivity index (χ1) is 16.5. The average Bonchev–Trinajstić information content (AvgIpc) is 2.85. The number of hydrogen-bond acceptors (Lipinski definition) is 3. The summed E-state index contributed by atoms with van der Waals surface area (Å²) in [6.45, 7) is 0.258. The maximum atomic E-state index is 14.4. The lowest BCUT2D eigenvalue weighted by Gasteiger charge is -2.09. The van der Waals surface area contributed by atoms with Crippen LogP contribution in [0.4, 0.5) is 8.78 Å². The highest BCUT2D eigenvalue weighted by atomic mass is 19.1. The fourth-order valence-corrected chi connectivity index (χ4v) is 3.90. The Morgan fingerprint density at radius 1 is 0.676 bits per heavy atom. The van der Waals surface area contributed by atoms with Gasteiger partial charge in [0, 0.05) is 0 Å². The molecule has 3 aromatic rings. The van der Waals surface area contributed by atoms with Gasteiger partial charge < -0.3 is 9.84 Å². The van der Waals surface area contributed by atoms with E-state index in [2.05, 4.69) is 6.07 Å². The molecule has 0 bridgehead atoms. The molecule has 0 aliphatic heterocycles. The largest absolute Gasteiger partial charge is 0.505 e. The van der Waals surface area contributed by atoms with Gasteiger partial charge in [0.25, 0.3) is 0 Å². The van der Waals surface area contributed by atoms with Gasteiger partial charge in [0.2, 0.25) is 0 Å². The van der Waals surface area contributed by atoms with E-state index in [9.17, 15) is 13.9 Å². The van der Waals surface area contributed by atoms with Crippen molar-refractivity contribution in [3.05, 3.63) is 94.6 Å². The number of aromatic hydroxyl groups is 1. The normalized spacial score (nSPS) is 10.7. The summed E-state index contributed by atoms with van der Waals surface area (Å²) >= 11 is 0. The van der Waals surface area contributed by atoms with Crippen molar-refractivity contribution in [2.24, 2.45) is 0 Å². The number of halogens is 2. The Balaban J connectivity index is 1.26. The van der Waals surface area contributed by atoms with Gasteiger partial charge in [-0.1, -0.05) is 56.4 Å². The van der Waals surface area contributed by atoms with Crippen LogP contribution >= 0.6 is 0 Å². The van der Waals surface area contributed by atoms with Gasteiger partial charge in [-0.15, -0.1) is 0 Å². The third-order valence-corrected chi connectivity index (χ3v) is 5.92. The number of hydrogen-bond donors (Lipinski definition) is 1. The zero-order valence-electron chi connectivity index (χ0n) is 19.4. The van der Waals surface area contributed by atoms with Gasteiger partial charge in [-0.3, -0.25) is 0 Å². The maximum Gasteiger partial charge on any atom is 0.165 e. The zero-order chi connectivity index (χ0) is 24.2. The van der Waals surface area contributed by atoms with E-state index in [1.165, 1.54) is 18.6 Å². The summed E-state index contributed by atoms with van der Waals surface area (Å²) in [6.07, 6.45) is 9.41. The Morgan fingerprint density at radius 2 is 1.21 bits per heavy atom. The van der Waals surface area contributed by atoms with Crippen molar-refractivity contribution < 1.29 is 18.6 Å². The number of phenols is 1. The maximum absolute atomic E-state index is 14.4. The van der Waals surface area contributed by atoms with Crippen LogP contribution in [0.1, 0.15) is 67.2 Å². The monoisotopic (exact) mass is 463 g/mol. The molecule has 178 valence electrons. The molecule has 34 heavy (non-hydrogen) atoms. The number of aryl methyl sites for hydroxylation is 2. The van der Waals surface area contributed by atoms with E-state index in [0.29, 0.717) is 5.56 Å². The molecule has 5 heteroatoms. The molecule has 0 aliphatic rings. The highest BCUT2D eigenvalue weighted by Gasteiger charge is 2.06. The second kappa shape index (κ2) is 13.3. The Morgan fingerprint density at radius 3 is 1.76 bits per heavy atom. The van der Waals surface area contributed by atoms with Gasteiger partial charge in [-0.05, 0) is 78.8 Å². The number of ether oxygens (including phenoxy) is 1. The SMILES string of the molecule is N#Cc1ccc(COc2ccc(CCCCCCCCCc3ccc(O)c(F)c3)cc2F)cc1. The van der Waals surface area contributed by atoms with Crippen molar-refractivity contribution in [3.63, 3.8) is 0 Å². The fourth-order valence-electron chi connectivity index (χ4n) is 3.90. The molecule has 0 saturated heterocycles. The van der Waals surface area contributed by atoms with Crippen LogP contribution < -0.4 is 4.74 Å². The van der Waals surface area contributed by atoms with Crippen molar-refractivity contribution in [3.8, 4) is 17.6 Å². The predicted molar refractivity (Wildman–Crippen MR) is 130 cm³/mol. The van der Waals surface area contributed by atoms with E-state index in [-0.39, 0.29) is 23.9 Å². The molecule has 0 atom stereocenters. The Kier molecular flexibility index (Phi) is 9.91. The number of nitrogens with zero attached hydrogens (tertiary/aromatic N) is 1. The third-order valence-electron chi connectivity index (χ3n) is 5.92. The topological polar surface area (TPSA) is 53.2 Å². The molecule has 0 radical (unpaired) electrons. The van der Waals surface area contributed by atoms with Crippen LogP contribution in [0.15, 0.2) is 60.7 Å². The average molecular weight is 464 g/mol. The second-order valence-electron chi connectivity index (χ2n) is 8.62.